The monoisotopic (exact) mass is 228 g/mol. The van der Waals surface area contributed by atoms with Crippen molar-refractivity contribution in [2.75, 3.05) is 0 Å². The van der Waals surface area contributed by atoms with Gasteiger partial charge in [0.25, 0.3) is 0 Å². The molecule has 17 heavy (non-hydrogen) atoms. The summed E-state index contributed by atoms with van der Waals surface area (Å²) in [6.07, 6.45) is 8.70. The summed E-state index contributed by atoms with van der Waals surface area (Å²) in [7, 11) is 0. The summed E-state index contributed by atoms with van der Waals surface area (Å²) in [5.41, 5.74) is 1.35. The highest BCUT2D eigenvalue weighted by molar-refractivity contribution is 5.21. The molecule has 90 valence electrons. The van der Waals surface area contributed by atoms with Crippen LogP contribution in [-0.4, -0.2) is 12.2 Å². The van der Waals surface area contributed by atoms with Crippen LogP contribution in [0.25, 0.3) is 0 Å². The number of ether oxygens (including phenoxy) is 1. The third kappa shape index (κ3) is 3.07. The van der Waals surface area contributed by atoms with Crippen molar-refractivity contribution in [1.82, 2.24) is 0 Å². The van der Waals surface area contributed by atoms with Crippen molar-refractivity contribution in [3.05, 3.63) is 60.7 Å². The summed E-state index contributed by atoms with van der Waals surface area (Å²) in [4.78, 5) is 0. The Balaban J connectivity index is 2.03. The minimum atomic E-state index is 0.206. The van der Waals surface area contributed by atoms with Crippen molar-refractivity contribution in [2.45, 2.75) is 37.9 Å². The van der Waals surface area contributed by atoms with Crippen LogP contribution in [0.2, 0.25) is 0 Å². The van der Waals surface area contributed by atoms with E-state index in [4.69, 9.17) is 4.74 Å². The van der Waals surface area contributed by atoms with Crippen LogP contribution in [0.1, 0.15) is 31.2 Å². The van der Waals surface area contributed by atoms with E-state index in [0.717, 1.165) is 12.8 Å². The van der Waals surface area contributed by atoms with Crippen molar-refractivity contribution in [3.8, 4) is 0 Å². The van der Waals surface area contributed by atoms with E-state index in [1.54, 1.807) is 0 Å². The lowest BCUT2D eigenvalue weighted by Gasteiger charge is -2.30. The van der Waals surface area contributed by atoms with Gasteiger partial charge in [0.05, 0.1) is 12.2 Å². The van der Waals surface area contributed by atoms with Gasteiger partial charge in [0.2, 0.25) is 0 Å². The van der Waals surface area contributed by atoms with E-state index >= 15 is 0 Å². The van der Waals surface area contributed by atoms with Gasteiger partial charge in [0.15, 0.2) is 0 Å². The lowest BCUT2D eigenvalue weighted by atomic mass is 9.91. The standard InChI is InChI=1S/C16H20O/c1-3-8-15-11-7-12-16(17-15)13(2)14-9-5-4-6-10-14/h3-7,9-11,13,15-16H,1,8,12H2,2H3/t13?,15-,16+/m1/s1. The zero-order valence-corrected chi connectivity index (χ0v) is 10.4. The Hall–Kier alpha value is -1.34. The maximum absolute atomic E-state index is 6.08. The largest absolute Gasteiger partial charge is 0.370 e. The first-order valence-corrected chi connectivity index (χ1v) is 6.29. The summed E-state index contributed by atoms with van der Waals surface area (Å²) in [5, 5.41) is 0. The lowest BCUT2D eigenvalue weighted by molar-refractivity contribution is -0.00476. The molecule has 0 N–H and O–H groups in total. The van der Waals surface area contributed by atoms with Gasteiger partial charge in [-0.3, -0.25) is 0 Å². The van der Waals surface area contributed by atoms with Crippen molar-refractivity contribution in [2.24, 2.45) is 0 Å². The highest BCUT2D eigenvalue weighted by atomic mass is 16.5. The molecule has 0 radical (unpaired) electrons. The number of rotatable bonds is 4. The normalized spacial score (nSPS) is 25.5. The topological polar surface area (TPSA) is 9.23 Å². The fourth-order valence-corrected chi connectivity index (χ4v) is 2.28. The summed E-state index contributed by atoms with van der Waals surface area (Å²) in [6, 6.07) is 10.6. The van der Waals surface area contributed by atoms with Crippen LogP contribution in [0.15, 0.2) is 55.1 Å². The first-order chi connectivity index (χ1) is 8.31. The molecule has 1 heterocycles. The zero-order valence-electron chi connectivity index (χ0n) is 10.4. The number of hydrogen-bond acceptors (Lipinski definition) is 1. The molecule has 0 amide bonds. The second kappa shape index (κ2) is 5.83. The summed E-state index contributed by atoms with van der Waals surface area (Å²) in [5.74, 6) is 0.438. The van der Waals surface area contributed by atoms with Crippen molar-refractivity contribution in [3.63, 3.8) is 0 Å². The molecule has 0 aliphatic carbocycles. The van der Waals surface area contributed by atoms with Crippen LogP contribution >= 0.6 is 0 Å². The first-order valence-electron chi connectivity index (χ1n) is 6.29. The van der Waals surface area contributed by atoms with E-state index in [2.05, 4.69) is 56.0 Å². The average Bonchev–Trinajstić information content (AvgIpc) is 2.40. The Bertz CT molecular complexity index is 380. The molecule has 1 nitrogen and oxygen atoms in total. The maximum Gasteiger partial charge on any atom is 0.0794 e. The Morgan fingerprint density at radius 1 is 1.41 bits per heavy atom. The molecule has 0 saturated heterocycles. The molecule has 2 rings (SSSR count). The van der Waals surface area contributed by atoms with E-state index in [0.29, 0.717) is 5.92 Å². The number of hydrogen-bond donors (Lipinski definition) is 0. The second-order valence-electron chi connectivity index (χ2n) is 4.60. The average molecular weight is 228 g/mol. The van der Waals surface area contributed by atoms with Gasteiger partial charge in [-0.15, -0.1) is 6.58 Å². The zero-order chi connectivity index (χ0) is 12.1. The van der Waals surface area contributed by atoms with Crippen LogP contribution in [0.4, 0.5) is 0 Å². The van der Waals surface area contributed by atoms with E-state index in [9.17, 15) is 0 Å². The van der Waals surface area contributed by atoms with E-state index in [1.165, 1.54) is 5.56 Å². The van der Waals surface area contributed by atoms with Gasteiger partial charge in [-0.25, -0.2) is 0 Å². The minimum Gasteiger partial charge on any atom is -0.370 e. The van der Waals surface area contributed by atoms with Gasteiger partial charge in [-0.2, -0.15) is 0 Å². The van der Waals surface area contributed by atoms with Gasteiger partial charge in [0.1, 0.15) is 0 Å². The fraction of sp³-hybridized carbons (Fsp3) is 0.375. The Kier molecular flexibility index (Phi) is 4.16. The molecule has 0 aromatic heterocycles. The Morgan fingerprint density at radius 3 is 2.88 bits per heavy atom. The highest BCUT2D eigenvalue weighted by Gasteiger charge is 2.23. The molecule has 1 aromatic carbocycles. The maximum atomic E-state index is 6.08. The van der Waals surface area contributed by atoms with Gasteiger partial charge >= 0.3 is 0 Å². The predicted octanol–water partition coefficient (Wildman–Crippen LogP) is 4.08. The molecule has 1 aromatic rings. The highest BCUT2D eigenvalue weighted by Crippen LogP contribution is 2.28. The quantitative estimate of drug-likeness (QED) is 0.706. The second-order valence-corrected chi connectivity index (χ2v) is 4.60. The Labute approximate surface area is 104 Å². The van der Waals surface area contributed by atoms with Crippen LogP contribution < -0.4 is 0 Å². The summed E-state index contributed by atoms with van der Waals surface area (Å²) < 4.78 is 6.08. The van der Waals surface area contributed by atoms with E-state index in [-0.39, 0.29) is 12.2 Å². The van der Waals surface area contributed by atoms with Crippen LogP contribution in [-0.2, 0) is 4.74 Å². The van der Waals surface area contributed by atoms with Crippen LogP contribution in [0.5, 0.6) is 0 Å². The third-order valence-corrected chi connectivity index (χ3v) is 3.35. The van der Waals surface area contributed by atoms with Crippen molar-refractivity contribution < 1.29 is 4.74 Å². The fourth-order valence-electron chi connectivity index (χ4n) is 2.28. The Morgan fingerprint density at radius 2 is 2.18 bits per heavy atom. The summed E-state index contributed by atoms with van der Waals surface area (Å²) >= 11 is 0. The minimum absolute atomic E-state index is 0.206. The van der Waals surface area contributed by atoms with Gasteiger partial charge in [-0.05, 0) is 18.4 Å². The molecule has 1 heteroatoms. The molecule has 3 atom stereocenters. The van der Waals surface area contributed by atoms with Crippen molar-refractivity contribution in [1.29, 1.82) is 0 Å². The molecular formula is C16H20O. The molecule has 1 unspecified atom stereocenters. The first kappa shape index (κ1) is 12.1. The van der Waals surface area contributed by atoms with E-state index < -0.39 is 0 Å². The molecule has 0 saturated carbocycles. The molecule has 1 aliphatic heterocycles. The molecule has 0 fully saturated rings. The van der Waals surface area contributed by atoms with E-state index in [1.807, 2.05) is 6.08 Å². The van der Waals surface area contributed by atoms with Gasteiger partial charge in [-0.1, -0.05) is 55.5 Å². The molecule has 0 bridgehead atoms. The smallest absolute Gasteiger partial charge is 0.0794 e. The molecular weight excluding hydrogens is 208 g/mol. The number of benzene rings is 1. The SMILES string of the molecule is C=CC[C@@H]1C=CC[C@@H](C(C)c2ccccc2)O1. The van der Waals surface area contributed by atoms with Crippen LogP contribution in [0, 0.1) is 0 Å². The molecule has 0 spiro atoms. The predicted molar refractivity (Wildman–Crippen MR) is 72.1 cm³/mol. The lowest BCUT2D eigenvalue weighted by Crippen LogP contribution is -2.28. The van der Waals surface area contributed by atoms with Gasteiger partial charge < -0.3 is 4.74 Å². The summed E-state index contributed by atoms with van der Waals surface area (Å²) in [6.45, 7) is 6.01. The molecule has 1 aliphatic rings. The third-order valence-electron chi connectivity index (χ3n) is 3.35. The van der Waals surface area contributed by atoms with Gasteiger partial charge in [0, 0.05) is 5.92 Å². The van der Waals surface area contributed by atoms with Crippen molar-refractivity contribution >= 4 is 0 Å². The van der Waals surface area contributed by atoms with Crippen LogP contribution in [0.3, 0.4) is 0 Å².